The average Bonchev–Trinajstić information content (AvgIpc) is 2.89. The van der Waals surface area contributed by atoms with Gasteiger partial charge >= 0.3 is 6.09 Å². The number of rotatable bonds is 12. The largest absolute Gasteiger partial charge is 0.444 e. The van der Waals surface area contributed by atoms with E-state index in [9.17, 15) is 14.4 Å². The third-order valence-corrected chi connectivity index (χ3v) is 7.69. The molecular weight excluding hydrogens is 526 g/mol. The minimum Gasteiger partial charge on any atom is -0.444 e. The average molecular weight is 580 g/mol. The molecule has 0 aromatic heterocycles. The lowest BCUT2D eigenvalue weighted by Gasteiger charge is -2.40. The Bertz CT molecular complexity index is 1180. The van der Waals surface area contributed by atoms with Gasteiger partial charge in [0.2, 0.25) is 5.91 Å². The van der Waals surface area contributed by atoms with Crippen LogP contribution >= 0.6 is 0 Å². The zero-order chi connectivity index (χ0) is 31.8. The summed E-state index contributed by atoms with van der Waals surface area (Å²) in [5.41, 5.74) is 3.69. The molecule has 2 aromatic rings. The topological polar surface area (TPSA) is 87.7 Å². The number of ether oxygens (including phenoxy) is 1. The van der Waals surface area contributed by atoms with Crippen LogP contribution < -0.4 is 10.6 Å². The second-order valence-electron chi connectivity index (χ2n) is 13.1. The molecule has 4 unspecified atom stereocenters. The SMILES string of the molecule is CCC(C)C(NC(=O)OC(C)(C)C)C(=O)N(C(C)CCC(C)C)C(C(=O)Nc1c(C)cccc1C)c1ccc(C)cc1. The lowest BCUT2D eigenvalue weighted by Crippen LogP contribution is -2.57. The minimum atomic E-state index is -0.911. The second kappa shape index (κ2) is 15.2. The second-order valence-corrected chi connectivity index (χ2v) is 13.1. The van der Waals surface area contributed by atoms with Crippen molar-refractivity contribution in [2.75, 3.05) is 5.32 Å². The van der Waals surface area contributed by atoms with E-state index in [4.69, 9.17) is 4.74 Å². The van der Waals surface area contributed by atoms with Crippen LogP contribution in [0, 0.1) is 32.6 Å². The summed E-state index contributed by atoms with van der Waals surface area (Å²) >= 11 is 0. The van der Waals surface area contributed by atoms with Gasteiger partial charge in [0.15, 0.2) is 0 Å². The number of hydrogen-bond donors (Lipinski definition) is 2. The number of alkyl carbamates (subject to hydrolysis) is 1. The van der Waals surface area contributed by atoms with Crippen molar-refractivity contribution in [1.29, 1.82) is 0 Å². The molecule has 0 fully saturated rings. The Balaban J connectivity index is 2.68. The highest BCUT2D eigenvalue weighted by Gasteiger charge is 2.40. The number of amides is 3. The van der Waals surface area contributed by atoms with Gasteiger partial charge in [-0.05, 0) is 89.8 Å². The molecule has 2 N–H and O–H groups in total. The molecule has 0 aliphatic rings. The van der Waals surface area contributed by atoms with Crippen LogP contribution in [0.3, 0.4) is 0 Å². The lowest BCUT2D eigenvalue weighted by molar-refractivity contribution is -0.144. The zero-order valence-electron chi connectivity index (χ0n) is 27.6. The van der Waals surface area contributed by atoms with Crippen molar-refractivity contribution in [2.24, 2.45) is 11.8 Å². The van der Waals surface area contributed by atoms with Crippen LogP contribution in [-0.4, -0.2) is 40.5 Å². The normalized spacial score (nSPS) is 14.5. The Morgan fingerprint density at radius 3 is 1.95 bits per heavy atom. The first kappa shape index (κ1) is 34.8. The molecule has 0 spiro atoms. The van der Waals surface area contributed by atoms with Crippen molar-refractivity contribution in [2.45, 2.75) is 119 Å². The van der Waals surface area contributed by atoms with Crippen LogP contribution in [0.4, 0.5) is 10.5 Å². The summed E-state index contributed by atoms with van der Waals surface area (Å²) in [6.45, 7) is 21.5. The van der Waals surface area contributed by atoms with Crippen molar-refractivity contribution in [3.63, 3.8) is 0 Å². The molecule has 0 aliphatic carbocycles. The number of carbonyl (C=O) groups is 3. The molecule has 7 nitrogen and oxygen atoms in total. The molecule has 3 amide bonds. The highest BCUT2D eigenvalue weighted by atomic mass is 16.6. The Labute approximate surface area is 253 Å². The maximum absolute atomic E-state index is 14.7. The summed E-state index contributed by atoms with van der Waals surface area (Å²) in [6, 6.07) is 11.6. The van der Waals surface area contributed by atoms with Crippen LogP contribution in [-0.2, 0) is 14.3 Å². The summed E-state index contributed by atoms with van der Waals surface area (Å²) in [5, 5.41) is 6.02. The van der Waals surface area contributed by atoms with Gasteiger partial charge in [0, 0.05) is 11.7 Å². The van der Waals surface area contributed by atoms with Gasteiger partial charge in [0.25, 0.3) is 5.91 Å². The predicted molar refractivity (Wildman–Crippen MR) is 171 cm³/mol. The molecule has 2 rings (SSSR count). The molecule has 2 aromatic carbocycles. The zero-order valence-corrected chi connectivity index (χ0v) is 27.6. The van der Waals surface area contributed by atoms with Crippen molar-refractivity contribution in [1.82, 2.24) is 10.2 Å². The fraction of sp³-hybridized carbons (Fsp3) is 0.571. The van der Waals surface area contributed by atoms with Gasteiger partial charge in [-0.25, -0.2) is 4.79 Å². The molecule has 0 aliphatic heterocycles. The molecule has 7 heteroatoms. The number of carbonyl (C=O) groups excluding carboxylic acids is 3. The number of benzene rings is 2. The maximum Gasteiger partial charge on any atom is 0.408 e. The van der Waals surface area contributed by atoms with Gasteiger partial charge in [0.05, 0.1) is 0 Å². The van der Waals surface area contributed by atoms with Crippen molar-refractivity contribution in [3.8, 4) is 0 Å². The molecule has 0 heterocycles. The first-order valence-electron chi connectivity index (χ1n) is 15.3. The van der Waals surface area contributed by atoms with E-state index in [-0.39, 0.29) is 23.8 Å². The smallest absolute Gasteiger partial charge is 0.408 e. The van der Waals surface area contributed by atoms with Gasteiger partial charge in [-0.15, -0.1) is 0 Å². The maximum atomic E-state index is 14.7. The monoisotopic (exact) mass is 579 g/mol. The van der Waals surface area contributed by atoms with Crippen LogP contribution in [0.25, 0.3) is 0 Å². The van der Waals surface area contributed by atoms with E-state index in [1.54, 1.807) is 25.7 Å². The molecule has 4 atom stereocenters. The van der Waals surface area contributed by atoms with Gasteiger partial charge in [-0.3, -0.25) is 9.59 Å². The fourth-order valence-corrected chi connectivity index (χ4v) is 4.98. The summed E-state index contributed by atoms with van der Waals surface area (Å²) < 4.78 is 5.54. The number of nitrogens with one attached hydrogen (secondary N) is 2. The van der Waals surface area contributed by atoms with E-state index in [1.165, 1.54) is 0 Å². The molecule has 42 heavy (non-hydrogen) atoms. The van der Waals surface area contributed by atoms with Crippen LogP contribution in [0.5, 0.6) is 0 Å². The molecule has 0 radical (unpaired) electrons. The van der Waals surface area contributed by atoms with E-state index < -0.39 is 23.8 Å². The predicted octanol–water partition coefficient (Wildman–Crippen LogP) is 7.88. The first-order chi connectivity index (χ1) is 19.5. The Kier molecular flexibility index (Phi) is 12.6. The highest BCUT2D eigenvalue weighted by Crippen LogP contribution is 2.31. The summed E-state index contributed by atoms with van der Waals surface area (Å²) in [5.74, 6) is -0.351. The number of nitrogens with zero attached hydrogens (tertiary/aromatic N) is 1. The van der Waals surface area contributed by atoms with Crippen LogP contribution in [0.1, 0.15) is 103 Å². The van der Waals surface area contributed by atoms with E-state index >= 15 is 0 Å². The Morgan fingerprint density at radius 1 is 0.881 bits per heavy atom. The van der Waals surface area contributed by atoms with Crippen molar-refractivity contribution >= 4 is 23.6 Å². The minimum absolute atomic E-state index is 0.190. The lowest BCUT2D eigenvalue weighted by atomic mass is 9.93. The highest BCUT2D eigenvalue weighted by molar-refractivity contribution is 6.00. The van der Waals surface area contributed by atoms with Gasteiger partial charge in [-0.2, -0.15) is 0 Å². The van der Waals surface area contributed by atoms with E-state index in [0.29, 0.717) is 24.3 Å². The summed E-state index contributed by atoms with van der Waals surface area (Å²) in [7, 11) is 0. The van der Waals surface area contributed by atoms with E-state index in [2.05, 4.69) is 24.5 Å². The standard InChI is InChI=1S/C35H53N3O4/c1-12-24(5)30(37-34(41)42-35(9,10)11)33(40)38(27(8)19-16-22(2)3)31(28-20-17-23(4)18-21-28)32(39)36-29-25(6)14-13-15-26(29)7/h13-15,17-18,20-22,24,27,30-31H,12,16,19H2,1-11H3,(H,36,39)(H,37,41). The number of para-hydroxylation sites is 1. The third kappa shape index (κ3) is 9.88. The Hall–Kier alpha value is -3.35. The van der Waals surface area contributed by atoms with Gasteiger partial charge < -0.3 is 20.3 Å². The van der Waals surface area contributed by atoms with Gasteiger partial charge in [-0.1, -0.05) is 82.1 Å². The number of hydrogen-bond acceptors (Lipinski definition) is 4. The van der Waals surface area contributed by atoms with Crippen molar-refractivity contribution < 1.29 is 19.1 Å². The Morgan fingerprint density at radius 2 is 1.45 bits per heavy atom. The quantitative estimate of drug-likeness (QED) is 0.268. The van der Waals surface area contributed by atoms with E-state index in [0.717, 1.165) is 28.8 Å². The molecular formula is C35H53N3O4. The summed E-state index contributed by atoms with van der Waals surface area (Å²) in [6.07, 6.45) is 1.60. The summed E-state index contributed by atoms with van der Waals surface area (Å²) in [4.78, 5) is 43.7. The molecule has 0 bridgehead atoms. The first-order valence-corrected chi connectivity index (χ1v) is 15.3. The van der Waals surface area contributed by atoms with Crippen LogP contribution in [0.15, 0.2) is 42.5 Å². The molecule has 232 valence electrons. The number of aryl methyl sites for hydroxylation is 3. The van der Waals surface area contributed by atoms with Crippen molar-refractivity contribution in [3.05, 3.63) is 64.7 Å². The fourth-order valence-electron chi connectivity index (χ4n) is 4.98. The van der Waals surface area contributed by atoms with Crippen LogP contribution in [0.2, 0.25) is 0 Å². The number of anilines is 1. The molecule has 0 saturated carbocycles. The van der Waals surface area contributed by atoms with Gasteiger partial charge in [0.1, 0.15) is 17.7 Å². The molecule has 0 saturated heterocycles. The third-order valence-electron chi connectivity index (χ3n) is 7.69. The van der Waals surface area contributed by atoms with E-state index in [1.807, 2.05) is 84.0 Å².